The van der Waals surface area contributed by atoms with Crippen LogP contribution in [0.25, 0.3) is 0 Å². The minimum Gasteiger partial charge on any atom is -0.378 e. The first-order valence-corrected chi connectivity index (χ1v) is 8.64. The second-order valence-corrected chi connectivity index (χ2v) is 6.74. The Morgan fingerprint density at radius 2 is 2.00 bits per heavy atom. The summed E-state index contributed by atoms with van der Waals surface area (Å²) in [5.74, 6) is -0.740. The molecule has 5 nitrogen and oxygen atoms in total. The molecule has 0 atom stereocenters. The minimum atomic E-state index is -3.79. The van der Waals surface area contributed by atoms with Crippen LogP contribution in [0.1, 0.15) is 19.3 Å². The first-order chi connectivity index (χ1) is 10.1. The third-order valence-corrected chi connectivity index (χ3v) is 4.87. The quantitative estimate of drug-likeness (QED) is 0.743. The van der Waals surface area contributed by atoms with Gasteiger partial charge in [0.2, 0.25) is 10.0 Å². The van der Waals surface area contributed by atoms with E-state index < -0.39 is 15.8 Å². The Morgan fingerprint density at radius 3 is 2.71 bits per heavy atom. The van der Waals surface area contributed by atoms with E-state index in [2.05, 4.69) is 10.0 Å². The second-order valence-electron chi connectivity index (χ2n) is 5.00. The van der Waals surface area contributed by atoms with Gasteiger partial charge in [-0.15, -0.1) is 0 Å². The molecule has 7 heteroatoms. The molecule has 0 spiro atoms. The highest BCUT2D eigenvalue weighted by Gasteiger charge is 2.18. The van der Waals surface area contributed by atoms with E-state index in [1.807, 2.05) is 0 Å². The smallest absolute Gasteiger partial charge is 0.243 e. The Bertz CT molecular complexity index is 545. The molecule has 0 unspecified atom stereocenters. The Balaban J connectivity index is 1.71. The van der Waals surface area contributed by atoms with Gasteiger partial charge >= 0.3 is 0 Å². The molecule has 0 saturated carbocycles. The fourth-order valence-corrected chi connectivity index (χ4v) is 3.38. The molecular formula is C14H21FN2O3S. The van der Waals surface area contributed by atoms with Crippen LogP contribution in [0, 0.1) is 5.82 Å². The third-order valence-electron chi connectivity index (χ3n) is 3.38. The number of hydrogen-bond acceptors (Lipinski definition) is 4. The van der Waals surface area contributed by atoms with E-state index in [4.69, 9.17) is 4.74 Å². The summed E-state index contributed by atoms with van der Waals surface area (Å²) in [7, 11) is -3.79. The van der Waals surface area contributed by atoms with Gasteiger partial charge in [0.25, 0.3) is 0 Å². The third kappa shape index (κ3) is 5.03. The van der Waals surface area contributed by atoms with Crippen molar-refractivity contribution < 1.29 is 17.5 Å². The predicted octanol–water partition coefficient (Wildman–Crippen LogP) is 1.26. The average molecular weight is 316 g/mol. The van der Waals surface area contributed by atoms with E-state index in [0.717, 1.165) is 32.0 Å². The van der Waals surface area contributed by atoms with Crippen LogP contribution in [-0.2, 0) is 14.8 Å². The van der Waals surface area contributed by atoms with Gasteiger partial charge < -0.3 is 10.1 Å². The molecular weight excluding hydrogens is 295 g/mol. The number of ether oxygens (including phenoxy) is 1. The van der Waals surface area contributed by atoms with Gasteiger partial charge in [-0.2, -0.15) is 0 Å². The molecule has 0 radical (unpaired) electrons. The number of hydrogen-bond donors (Lipinski definition) is 2. The van der Waals surface area contributed by atoms with Crippen LogP contribution < -0.4 is 10.0 Å². The largest absolute Gasteiger partial charge is 0.378 e. The van der Waals surface area contributed by atoms with Crippen molar-refractivity contribution in [2.75, 3.05) is 26.2 Å². The average Bonchev–Trinajstić information content (AvgIpc) is 2.48. The number of halogens is 1. The van der Waals surface area contributed by atoms with Crippen LogP contribution in [0.4, 0.5) is 4.39 Å². The van der Waals surface area contributed by atoms with E-state index in [9.17, 15) is 12.8 Å². The topological polar surface area (TPSA) is 67.4 Å². The maximum atomic E-state index is 13.5. The lowest BCUT2D eigenvalue weighted by molar-refractivity contribution is 0.0322. The van der Waals surface area contributed by atoms with Gasteiger partial charge in [-0.25, -0.2) is 17.5 Å². The molecule has 0 bridgehead atoms. The molecule has 1 aliphatic rings. The number of rotatable bonds is 7. The first-order valence-electron chi connectivity index (χ1n) is 7.16. The first kappa shape index (κ1) is 16.4. The summed E-state index contributed by atoms with van der Waals surface area (Å²) in [6, 6.07) is 5.34. The summed E-state index contributed by atoms with van der Waals surface area (Å²) in [6.07, 6.45) is 2.80. The molecule has 1 aromatic rings. The van der Waals surface area contributed by atoms with Gasteiger partial charge in [0.15, 0.2) is 0 Å². The Labute approximate surface area is 124 Å². The van der Waals surface area contributed by atoms with Crippen molar-refractivity contribution >= 4 is 10.0 Å². The van der Waals surface area contributed by atoms with Gasteiger partial charge in [0.1, 0.15) is 10.7 Å². The van der Waals surface area contributed by atoms with Crippen LogP contribution in [0.5, 0.6) is 0 Å². The second kappa shape index (κ2) is 7.84. The van der Waals surface area contributed by atoms with E-state index in [-0.39, 0.29) is 17.5 Å². The summed E-state index contributed by atoms with van der Waals surface area (Å²) in [4.78, 5) is -0.315. The van der Waals surface area contributed by atoms with Crippen molar-refractivity contribution in [1.29, 1.82) is 0 Å². The molecule has 118 valence electrons. The Hall–Kier alpha value is -1.02. The van der Waals surface area contributed by atoms with Crippen LogP contribution in [0.3, 0.4) is 0 Å². The van der Waals surface area contributed by atoms with Crippen molar-refractivity contribution in [3.05, 3.63) is 30.1 Å². The number of piperidine rings is 1. The fraction of sp³-hybridized carbons (Fsp3) is 0.571. The summed E-state index contributed by atoms with van der Waals surface area (Å²) >= 11 is 0. The molecule has 1 aliphatic heterocycles. The standard InChI is InChI=1S/C14H21FN2O3S/c15-13-4-1-2-5-14(13)21(18,19)17-8-3-11-20-12-6-9-16-10-7-12/h1-2,4-5,12,16-17H,3,6-11H2. The zero-order chi connectivity index (χ0) is 15.1. The van der Waals surface area contributed by atoms with Gasteiger partial charge in [0, 0.05) is 13.2 Å². The zero-order valence-electron chi connectivity index (χ0n) is 11.8. The number of sulfonamides is 1. The molecule has 2 rings (SSSR count). The molecule has 1 heterocycles. The summed E-state index contributed by atoms with van der Waals surface area (Å²) < 4.78 is 45.4. The molecule has 1 saturated heterocycles. The molecule has 0 aromatic heterocycles. The number of benzene rings is 1. The molecule has 0 aliphatic carbocycles. The van der Waals surface area contributed by atoms with E-state index in [1.165, 1.54) is 18.2 Å². The van der Waals surface area contributed by atoms with Crippen LogP contribution in [-0.4, -0.2) is 40.8 Å². The highest BCUT2D eigenvalue weighted by Crippen LogP contribution is 2.13. The van der Waals surface area contributed by atoms with Crippen molar-refractivity contribution in [3.63, 3.8) is 0 Å². The maximum absolute atomic E-state index is 13.5. The SMILES string of the molecule is O=S(=O)(NCCCOC1CCNCC1)c1ccccc1F. The monoisotopic (exact) mass is 316 g/mol. The summed E-state index contributed by atoms with van der Waals surface area (Å²) in [5, 5.41) is 3.25. The normalized spacial score (nSPS) is 17.0. The Kier molecular flexibility index (Phi) is 6.10. The lowest BCUT2D eigenvalue weighted by atomic mass is 10.1. The van der Waals surface area contributed by atoms with E-state index in [1.54, 1.807) is 0 Å². The van der Waals surface area contributed by atoms with Gasteiger partial charge in [-0.05, 0) is 44.5 Å². The lowest BCUT2D eigenvalue weighted by Crippen LogP contribution is -2.33. The highest BCUT2D eigenvalue weighted by molar-refractivity contribution is 7.89. The lowest BCUT2D eigenvalue weighted by Gasteiger charge is -2.22. The fourth-order valence-electron chi connectivity index (χ4n) is 2.23. The molecule has 2 N–H and O–H groups in total. The van der Waals surface area contributed by atoms with Crippen LogP contribution >= 0.6 is 0 Å². The van der Waals surface area contributed by atoms with Gasteiger partial charge in [-0.1, -0.05) is 12.1 Å². The predicted molar refractivity (Wildman–Crippen MR) is 78.0 cm³/mol. The zero-order valence-corrected chi connectivity index (χ0v) is 12.7. The van der Waals surface area contributed by atoms with Crippen LogP contribution in [0.15, 0.2) is 29.2 Å². The van der Waals surface area contributed by atoms with Crippen molar-refractivity contribution in [3.8, 4) is 0 Å². The van der Waals surface area contributed by atoms with Crippen molar-refractivity contribution in [2.45, 2.75) is 30.3 Å². The summed E-state index contributed by atoms with van der Waals surface area (Å²) in [6.45, 7) is 2.67. The van der Waals surface area contributed by atoms with E-state index >= 15 is 0 Å². The molecule has 1 aromatic carbocycles. The molecule has 0 amide bonds. The van der Waals surface area contributed by atoms with E-state index in [0.29, 0.717) is 13.0 Å². The Morgan fingerprint density at radius 1 is 1.29 bits per heavy atom. The minimum absolute atomic E-state index is 0.238. The maximum Gasteiger partial charge on any atom is 0.243 e. The van der Waals surface area contributed by atoms with Gasteiger partial charge in [-0.3, -0.25) is 0 Å². The van der Waals surface area contributed by atoms with Crippen molar-refractivity contribution in [2.24, 2.45) is 0 Å². The van der Waals surface area contributed by atoms with Crippen LogP contribution in [0.2, 0.25) is 0 Å². The van der Waals surface area contributed by atoms with Gasteiger partial charge in [0.05, 0.1) is 6.10 Å². The number of nitrogens with one attached hydrogen (secondary N) is 2. The molecule has 21 heavy (non-hydrogen) atoms. The summed E-state index contributed by atoms with van der Waals surface area (Å²) in [5.41, 5.74) is 0. The molecule has 1 fully saturated rings. The highest BCUT2D eigenvalue weighted by atomic mass is 32.2. The van der Waals surface area contributed by atoms with Crippen molar-refractivity contribution in [1.82, 2.24) is 10.0 Å².